The molecule has 2 aromatic rings. The van der Waals surface area contributed by atoms with Gasteiger partial charge in [-0.15, -0.1) is 0 Å². The van der Waals surface area contributed by atoms with E-state index >= 15 is 0 Å². The van der Waals surface area contributed by atoms with E-state index in [0.29, 0.717) is 0 Å². The van der Waals surface area contributed by atoms with Gasteiger partial charge in [-0.25, -0.2) is 9.78 Å². The Morgan fingerprint density at radius 1 is 1.14 bits per heavy atom. The molecule has 0 bridgehead atoms. The molecule has 2 N–H and O–H groups in total. The number of para-hydroxylation sites is 2. The summed E-state index contributed by atoms with van der Waals surface area (Å²) >= 11 is 1.39. The lowest BCUT2D eigenvalue weighted by Gasteiger charge is -2.22. The monoisotopic (exact) mass is 416 g/mol. The van der Waals surface area contributed by atoms with Crippen LogP contribution in [-0.2, 0) is 11.3 Å². The van der Waals surface area contributed by atoms with E-state index in [1.165, 1.54) is 37.4 Å². The number of thioether (sulfide) groups is 1. The number of fused-ring (bicyclic) bond motifs is 1. The maximum Gasteiger partial charge on any atom is 0.321 e. The molecule has 1 aliphatic carbocycles. The predicted octanol–water partition coefficient (Wildman–Crippen LogP) is 4.87. The lowest BCUT2D eigenvalue weighted by Crippen LogP contribution is -2.45. The van der Waals surface area contributed by atoms with Crippen molar-refractivity contribution in [2.24, 2.45) is 0 Å². The molecule has 0 aliphatic heterocycles. The minimum atomic E-state index is -0.379. The zero-order valence-corrected chi connectivity index (χ0v) is 18.1. The van der Waals surface area contributed by atoms with Crippen LogP contribution in [0.4, 0.5) is 4.79 Å². The SMILES string of the molecule is CCCCCCn1c(SCC(=O)NC(=O)NC2CCCCC2)nc2ccccc21. The van der Waals surface area contributed by atoms with E-state index in [2.05, 4.69) is 28.2 Å². The molecule has 29 heavy (non-hydrogen) atoms. The molecule has 0 radical (unpaired) electrons. The average molecular weight is 417 g/mol. The van der Waals surface area contributed by atoms with Gasteiger partial charge in [0, 0.05) is 12.6 Å². The quantitative estimate of drug-likeness (QED) is 0.452. The summed E-state index contributed by atoms with van der Waals surface area (Å²) in [5.74, 6) is -0.107. The molecule has 1 saturated carbocycles. The van der Waals surface area contributed by atoms with Gasteiger partial charge in [0.1, 0.15) is 0 Å². The van der Waals surface area contributed by atoms with Crippen LogP contribution in [0.25, 0.3) is 11.0 Å². The normalized spacial score (nSPS) is 14.8. The summed E-state index contributed by atoms with van der Waals surface area (Å²) in [5.41, 5.74) is 2.04. The Labute approximate surface area is 177 Å². The second kappa shape index (κ2) is 11.2. The summed E-state index contributed by atoms with van der Waals surface area (Å²) in [6, 6.07) is 7.88. The summed E-state index contributed by atoms with van der Waals surface area (Å²) < 4.78 is 2.20. The van der Waals surface area contributed by atoms with E-state index in [1.807, 2.05) is 18.2 Å². The van der Waals surface area contributed by atoms with Gasteiger partial charge in [0.05, 0.1) is 16.8 Å². The fourth-order valence-corrected chi connectivity index (χ4v) is 4.68. The molecule has 1 aromatic heterocycles. The zero-order valence-electron chi connectivity index (χ0n) is 17.3. The first kappa shape index (κ1) is 21.7. The number of imide groups is 1. The molecule has 3 amide bonds. The number of urea groups is 1. The molecule has 1 aliphatic rings. The molecular weight excluding hydrogens is 384 g/mol. The minimum Gasteiger partial charge on any atom is -0.335 e. The minimum absolute atomic E-state index is 0.177. The topological polar surface area (TPSA) is 76.0 Å². The highest BCUT2D eigenvalue weighted by molar-refractivity contribution is 7.99. The van der Waals surface area contributed by atoms with Gasteiger partial charge in [0.2, 0.25) is 5.91 Å². The highest BCUT2D eigenvalue weighted by Gasteiger charge is 2.18. The molecule has 0 saturated heterocycles. The Bertz CT molecular complexity index is 814. The Balaban J connectivity index is 1.54. The molecule has 3 rings (SSSR count). The standard InChI is InChI=1S/C22H32N4O2S/c1-2-3-4-10-15-26-19-14-9-8-13-18(19)24-22(26)29-16-20(27)25-21(28)23-17-11-6-5-7-12-17/h8-9,13-14,17H,2-7,10-12,15-16H2,1H3,(H2,23,25,27,28). The lowest BCUT2D eigenvalue weighted by molar-refractivity contribution is -0.117. The highest BCUT2D eigenvalue weighted by atomic mass is 32.2. The van der Waals surface area contributed by atoms with Crippen molar-refractivity contribution in [1.82, 2.24) is 20.2 Å². The lowest BCUT2D eigenvalue weighted by atomic mass is 9.96. The van der Waals surface area contributed by atoms with Crippen LogP contribution < -0.4 is 10.6 Å². The molecule has 7 heteroatoms. The largest absolute Gasteiger partial charge is 0.335 e. The van der Waals surface area contributed by atoms with Gasteiger partial charge in [-0.2, -0.15) is 0 Å². The van der Waals surface area contributed by atoms with Crippen molar-refractivity contribution in [1.29, 1.82) is 0 Å². The van der Waals surface area contributed by atoms with Crippen molar-refractivity contribution >= 4 is 34.7 Å². The number of unbranched alkanes of at least 4 members (excludes halogenated alkanes) is 3. The van der Waals surface area contributed by atoms with E-state index in [4.69, 9.17) is 4.98 Å². The number of aromatic nitrogens is 2. The Morgan fingerprint density at radius 2 is 1.93 bits per heavy atom. The number of nitrogens with zero attached hydrogens (tertiary/aromatic N) is 2. The number of nitrogens with one attached hydrogen (secondary N) is 2. The smallest absolute Gasteiger partial charge is 0.321 e. The fraction of sp³-hybridized carbons (Fsp3) is 0.591. The Hall–Kier alpha value is -2.02. The maximum absolute atomic E-state index is 12.3. The van der Waals surface area contributed by atoms with Crippen LogP contribution in [0.5, 0.6) is 0 Å². The van der Waals surface area contributed by atoms with Crippen molar-refractivity contribution in [3.8, 4) is 0 Å². The van der Waals surface area contributed by atoms with Crippen LogP contribution >= 0.6 is 11.8 Å². The highest BCUT2D eigenvalue weighted by Crippen LogP contribution is 2.25. The molecule has 1 fully saturated rings. The van der Waals surface area contributed by atoms with Crippen molar-refractivity contribution in [3.63, 3.8) is 0 Å². The third-order valence-electron chi connectivity index (χ3n) is 5.38. The molecule has 158 valence electrons. The van der Waals surface area contributed by atoms with Crippen LogP contribution in [0.15, 0.2) is 29.4 Å². The number of carbonyl (C=O) groups excluding carboxylic acids is 2. The first-order valence-corrected chi connectivity index (χ1v) is 11.8. The second-order valence-corrected chi connectivity index (χ2v) is 8.68. The average Bonchev–Trinajstić information content (AvgIpc) is 3.08. The summed E-state index contributed by atoms with van der Waals surface area (Å²) in [4.78, 5) is 29.0. The summed E-state index contributed by atoms with van der Waals surface area (Å²) in [6.45, 7) is 3.10. The first-order valence-electron chi connectivity index (χ1n) is 10.9. The Kier molecular flexibility index (Phi) is 8.40. The zero-order chi connectivity index (χ0) is 20.5. The molecular formula is C22H32N4O2S. The maximum atomic E-state index is 12.3. The van der Waals surface area contributed by atoms with Crippen LogP contribution in [0.1, 0.15) is 64.7 Å². The number of benzene rings is 1. The number of hydrogen-bond acceptors (Lipinski definition) is 4. The predicted molar refractivity (Wildman–Crippen MR) is 118 cm³/mol. The summed E-state index contributed by atoms with van der Waals surface area (Å²) in [6.07, 6.45) is 10.2. The second-order valence-electron chi connectivity index (χ2n) is 7.74. The van der Waals surface area contributed by atoms with Crippen LogP contribution in [0.3, 0.4) is 0 Å². The number of imidazole rings is 1. The number of amides is 3. The van der Waals surface area contributed by atoms with Gasteiger partial charge in [0.15, 0.2) is 5.16 Å². The third-order valence-corrected chi connectivity index (χ3v) is 6.36. The molecule has 1 heterocycles. The molecule has 0 spiro atoms. The number of carbonyl (C=O) groups is 2. The van der Waals surface area contributed by atoms with Gasteiger partial charge < -0.3 is 9.88 Å². The van der Waals surface area contributed by atoms with Gasteiger partial charge in [-0.1, -0.05) is 69.3 Å². The van der Waals surface area contributed by atoms with Crippen LogP contribution in [0, 0.1) is 0 Å². The van der Waals surface area contributed by atoms with Gasteiger partial charge in [-0.3, -0.25) is 10.1 Å². The van der Waals surface area contributed by atoms with E-state index in [9.17, 15) is 9.59 Å². The summed E-state index contributed by atoms with van der Waals surface area (Å²) in [5, 5.41) is 6.22. The molecule has 0 unspecified atom stereocenters. The first-order chi connectivity index (χ1) is 14.2. The molecule has 1 aromatic carbocycles. The fourth-order valence-electron chi connectivity index (χ4n) is 3.84. The van der Waals surface area contributed by atoms with E-state index in [-0.39, 0.29) is 23.7 Å². The van der Waals surface area contributed by atoms with Gasteiger partial charge in [0.25, 0.3) is 0 Å². The van der Waals surface area contributed by atoms with Gasteiger partial charge in [-0.05, 0) is 31.4 Å². The molecule has 0 atom stereocenters. The molecule has 6 nitrogen and oxygen atoms in total. The summed E-state index contributed by atoms with van der Waals surface area (Å²) in [7, 11) is 0. The van der Waals surface area contributed by atoms with E-state index in [1.54, 1.807) is 0 Å². The van der Waals surface area contributed by atoms with E-state index in [0.717, 1.165) is 54.8 Å². The van der Waals surface area contributed by atoms with Gasteiger partial charge >= 0.3 is 6.03 Å². The van der Waals surface area contributed by atoms with Crippen molar-refractivity contribution in [3.05, 3.63) is 24.3 Å². The third kappa shape index (κ3) is 6.49. The van der Waals surface area contributed by atoms with Crippen molar-refractivity contribution in [2.75, 3.05) is 5.75 Å². The van der Waals surface area contributed by atoms with Crippen molar-refractivity contribution < 1.29 is 9.59 Å². The number of hydrogen-bond donors (Lipinski definition) is 2. The van der Waals surface area contributed by atoms with Crippen molar-refractivity contribution in [2.45, 2.75) is 82.5 Å². The number of aryl methyl sites for hydroxylation is 1. The number of rotatable bonds is 9. The Morgan fingerprint density at radius 3 is 2.72 bits per heavy atom. The van der Waals surface area contributed by atoms with Crippen LogP contribution in [-0.4, -0.2) is 33.3 Å². The van der Waals surface area contributed by atoms with E-state index < -0.39 is 0 Å². The van der Waals surface area contributed by atoms with Crippen LogP contribution in [0.2, 0.25) is 0 Å².